The Kier molecular flexibility index (Phi) is 12.1. The van der Waals surface area contributed by atoms with Gasteiger partial charge in [-0.2, -0.15) is 0 Å². The van der Waals surface area contributed by atoms with E-state index in [-0.39, 0.29) is 0 Å². The monoisotopic (exact) mass is 512 g/mol. The number of hydrogen-bond donors (Lipinski definition) is 0. The van der Waals surface area contributed by atoms with Gasteiger partial charge in [0, 0.05) is 10.3 Å². The molecule has 0 aromatic heterocycles. The minimum absolute atomic E-state index is 0.342. The van der Waals surface area contributed by atoms with E-state index in [0.29, 0.717) is 10.8 Å². The fraction of sp³-hybridized carbons (Fsp3) is 1.00. The molecule has 1 heterocycles. The van der Waals surface area contributed by atoms with Crippen LogP contribution in [0, 0.1) is 10.8 Å². The summed E-state index contributed by atoms with van der Waals surface area (Å²) in [6, 6.07) is 0. The lowest BCUT2D eigenvalue weighted by Gasteiger charge is -2.76. The van der Waals surface area contributed by atoms with Gasteiger partial charge in [0.2, 0.25) is 16.8 Å². The van der Waals surface area contributed by atoms with E-state index in [2.05, 4.69) is 115 Å². The Morgan fingerprint density at radius 2 is 0.588 bits per heavy atom. The van der Waals surface area contributed by atoms with Gasteiger partial charge in [0.15, 0.2) is 0 Å². The SMILES string of the molecule is CCN(CC)[Si]1(N(CC)CC)C(CC(C)(C)C)[Si](N(CC)CC)(N(CC)CC)C1CC(C)(C)C. The maximum Gasteiger partial charge on any atom is 0.212 e. The lowest BCUT2D eigenvalue weighted by Crippen LogP contribution is -2.94. The van der Waals surface area contributed by atoms with E-state index in [9.17, 15) is 0 Å². The largest absolute Gasteiger partial charge is 0.312 e. The van der Waals surface area contributed by atoms with Crippen LogP contribution in [0.3, 0.4) is 0 Å². The molecule has 1 fully saturated rings. The molecule has 1 saturated heterocycles. The first-order valence-corrected chi connectivity index (χ1v) is 18.9. The molecule has 0 saturated carbocycles. The van der Waals surface area contributed by atoms with Crippen molar-refractivity contribution in [2.24, 2.45) is 10.8 Å². The third-order valence-electron chi connectivity index (χ3n) is 8.76. The van der Waals surface area contributed by atoms with Crippen molar-refractivity contribution < 1.29 is 0 Å². The van der Waals surface area contributed by atoms with Crippen LogP contribution in [0.4, 0.5) is 0 Å². The highest BCUT2D eigenvalue weighted by molar-refractivity contribution is 7.13. The topological polar surface area (TPSA) is 13.0 Å². The highest BCUT2D eigenvalue weighted by atomic mass is 28.5. The molecule has 0 aliphatic carbocycles. The Morgan fingerprint density at radius 3 is 0.706 bits per heavy atom. The van der Waals surface area contributed by atoms with Crippen molar-refractivity contribution in [3.05, 3.63) is 0 Å². The Hall–Kier alpha value is 0.274. The number of nitrogens with zero attached hydrogens (tertiary/aromatic N) is 4. The minimum Gasteiger partial charge on any atom is -0.312 e. The zero-order valence-electron chi connectivity index (χ0n) is 26.0. The van der Waals surface area contributed by atoms with Crippen LogP contribution in [0.5, 0.6) is 0 Å². The van der Waals surface area contributed by atoms with E-state index >= 15 is 0 Å². The van der Waals surface area contributed by atoms with Crippen LogP contribution in [0.1, 0.15) is 110 Å². The second kappa shape index (κ2) is 12.7. The van der Waals surface area contributed by atoms with E-state index in [0.717, 1.165) is 10.3 Å². The highest BCUT2D eigenvalue weighted by Gasteiger charge is 2.80. The van der Waals surface area contributed by atoms with Gasteiger partial charge in [-0.1, -0.05) is 96.9 Å². The smallest absolute Gasteiger partial charge is 0.212 e. The normalized spacial score (nSPS) is 22.8. The molecule has 0 N–H and O–H groups in total. The van der Waals surface area contributed by atoms with Crippen molar-refractivity contribution in [2.75, 3.05) is 52.4 Å². The summed E-state index contributed by atoms with van der Waals surface area (Å²) in [4.78, 5) is 0. The first-order chi connectivity index (χ1) is 15.8. The van der Waals surface area contributed by atoms with Crippen LogP contribution < -0.4 is 0 Å². The van der Waals surface area contributed by atoms with Crippen molar-refractivity contribution >= 4 is 16.8 Å². The van der Waals surface area contributed by atoms with Gasteiger partial charge in [-0.3, -0.25) is 0 Å². The quantitative estimate of drug-likeness (QED) is 0.234. The van der Waals surface area contributed by atoms with Crippen molar-refractivity contribution in [1.82, 2.24) is 18.3 Å². The first kappa shape index (κ1) is 32.3. The second-order valence-electron chi connectivity index (χ2n) is 12.9. The van der Waals surface area contributed by atoms with Crippen molar-refractivity contribution in [3.63, 3.8) is 0 Å². The molecular formula is C28H64N4Si2. The van der Waals surface area contributed by atoms with Gasteiger partial charge in [-0.25, -0.2) is 0 Å². The molecule has 1 aliphatic rings. The Bertz CT molecular complexity index is 494. The van der Waals surface area contributed by atoms with Gasteiger partial charge in [0.1, 0.15) is 0 Å². The minimum atomic E-state index is -1.96. The fourth-order valence-corrected chi connectivity index (χ4v) is 31.5. The zero-order chi connectivity index (χ0) is 26.5. The molecule has 0 spiro atoms. The van der Waals surface area contributed by atoms with Gasteiger partial charge in [0.25, 0.3) is 0 Å². The predicted molar refractivity (Wildman–Crippen MR) is 159 cm³/mol. The van der Waals surface area contributed by atoms with E-state index in [1.54, 1.807) is 0 Å². The van der Waals surface area contributed by atoms with Gasteiger partial charge >= 0.3 is 0 Å². The Balaban J connectivity index is 4.19. The summed E-state index contributed by atoms with van der Waals surface area (Å²) in [5.41, 5.74) is 0.683. The molecule has 1 rings (SSSR count). The molecule has 0 aromatic rings. The van der Waals surface area contributed by atoms with Crippen LogP contribution in [-0.2, 0) is 0 Å². The van der Waals surface area contributed by atoms with Gasteiger partial charge in [-0.05, 0) is 76.0 Å². The van der Waals surface area contributed by atoms with Crippen molar-refractivity contribution in [3.8, 4) is 0 Å². The molecule has 6 heteroatoms. The summed E-state index contributed by atoms with van der Waals surface area (Å²) in [6.45, 7) is 44.2. The van der Waals surface area contributed by atoms with E-state index in [4.69, 9.17) is 0 Å². The van der Waals surface area contributed by atoms with Crippen LogP contribution in [0.2, 0.25) is 10.3 Å². The maximum atomic E-state index is 3.05. The average Bonchev–Trinajstić information content (AvgIpc) is 2.76. The summed E-state index contributed by atoms with van der Waals surface area (Å²) < 4.78 is 12.2. The third-order valence-corrected chi connectivity index (χ3v) is 25.4. The molecule has 0 unspecified atom stereocenters. The highest BCUT2D eigenvalue weighted by Crippen LogP contribution is 2.67. The number of rotatable bonds is 14. The third kappa shape index (κ3) is 5.72. The standard InChI is InChI=1S/C28H64N4Si2/c1-15-29(16-2)33(30(17-3)18-4)25(23-27(9,10)11)34(31(19-5)20-6,32(21-7)22-8)26(33)24-28(12,13)14/h25-26H,15-24H2,1-14H3. The number of hydrogen-bond acceptors (Lipinski definition) is 4. The summed E-state index contributed by atoms with van der Waals surface area (Å²) >= 11 is 0. The molecule has 204 valence electrons. The van der Waals surface area contributed by atoms with Crippen LogP contribution in [0.15, 0.2) is 0 Å². The fourth-order valence-electron chi connectivity index (χ4n) is 7.92. The second-order valence-corrected chi connectivity index (χ2v) is 22.5. The van der Waals surface area contributed by atoms with Gasteiger partial charge in [0.05, 0.1) is 0 Å². The van der Waals surface area contributed by atoms with E-state index in [1.807, 2.05) is 0 Å². The molecule has 34 heavy (non-hydrogen) atoms. The molecular weight excluding hydrogens is 449 g/mol. The molecule has 0 amide bonds. The average molecular weight is 513 g/mol. The predicted octanol–water partition coefficient (Wildman–Crippen LogP) is 6.94. The Morgan fingerprint density at radius 1 is 0.412 bits per heavy atom. The van der Waals surface area contributed by atoms with Crippen LogP contribution >= 0.6 is 0 Å². The lowest BCUT2D eigenvalue weighted by atomic mass is 9.93. The van der Waals surface area contributed by atoms with Crippen LogP contribution in [-0.4, -0.2) is 87.4 Å². The molecule has 0 aromatic carbocycles. The van der Waals surface area contributed by atoms with E-state index < -0.39 is 16.8 Å². The molecule has 1 aliphatic heterocycles. The molecule has 0 atom stereocenters. The molecule has 0 bridgehead atoms. The van der Waals surface area contributed by atoms with Crippen molar-refractivity contribution in [1.29, 1.82) is 0 Å². The van der Waals surface area contributed by atoms with Gasteiger partial charge < -0.3 is 18.3 Å². The van der Waals surface area contributed by atoms with E-state index in [1.165, 1.54) is 65.2 Å². The summed E-state index contributed by atoms with van der Waals surface area (Å²) in [6.07, 6.45) is 2.73. The Labute approximate surface area is 218 Å². The summed E-state index contributed by atoms with van der Waals surface area (Å²) in [7, 11) is -3.92. The zero-order valence-corrected chi connectivity index (χ0v) is 28.0. The molecule has 0 radical (unpaired) electrons. The van der Waals surface area contributed by atoms with Crippen molar-refractivity contribution in [2.45, 2.75) is 120 Å². The van der Waals surface area contributed by atoms with Crippen LogP contribution in [0.25, 0.3) is 0 Å². The summed E-state index contributed by atoms with van der Waals surface area (Å²) in [5.74, 6) is 0. The summed E-state index contributed by atoms with van der Waals surface area (Å²) in [5, 5.41) is 1.68. The van der Waals surface area contributed by atoms with Gasteiger partial charge in [-0.15, -0.1) is 0 Å². The first-order valence-electron chi connectivity index (χ1n) is 14.8. The molecule has 4 nitrogen and oxygen atoms in total. The lowest BCUT2D eigenvalue weighted by molar-refractivity contribution is 0.225. The maximum absolute atomic E-state index is 3.05.